The number of carbonyl (C=O) groups is 1. The number of aryl methyl sites for hydroxylation is 1. The van der Waals surface area contributed by atoms with Gasteiger partial charge in [-0.1, -0.05) is 26.8 Å². The highest BCUT2D eigenvalue weighted by atomic mass is 16.4. The molecule has 0 unspecified atom stereocenters. The molecule has 0 saturated carbocycles. The van der Waals surface area contributed by atoms with Gasteiger partial charge in [0.2, 0.25) is 5.89 Å². The molecule has 1 amide bonds. The zero-order valence-electron chi connectivity index (χ0n) is 18.0. The van der Waals surface area contributed by atoms with Crippen LogP contribution in [0, 0.1) is 6.92 Å². The van der Waals surface area contributed by atoms with Crippen LogP contribution in [0.25, 0.3) is 17.3 Å². The van der Waals surface area contributed by atoms with Crippen molar-refractivity contribution in [3.8, 4) is 17.3 Å². The summed E-state index contributed by atoms with van der Waals surface area (Å²) in [6, 6.07) is 13.1. The lowest BCUT2D eigenvalue weighted by atomic mass is 9.91. The van der Waals surface area contributed by atoms with Crippen molar-refractivity contribution in [3.63, 3.8) is 0 Å². The maximum atomic E-state index is 12.5. The fraction of sp³-hybridized carbons (Fsp3) is 0.261. The summed E-state index contributed by atoms with van der Waals surface area (Å²) in [5, 5.41) is 15.6. The van der Waals surface area contributed by atoms with Crippen LogP contribution in [0.4, 0.5) is 0 Å². The van der Waals surface area contributed by atoms with Crippen molar-refractivity contribution in [3.05, 3.63) is 77.6 Å². The van der Waals surface area contributed by atoms with Crippen LogP contribution in [0.5, 0.6) is 0 Å². The second-order valence-corrected chi connectivity index (χ2v) is 8.29. The number of hydrogen-bond acceptors (Lipinski definition) is 6. The number of rotatable bonds is 5. The summed E-state index contributed by atoms with van der Waals surface area (Å²) in [4.78, 5) is 16.6. The molecule has 0 spiro atoms. The van der Waals surface area contributed by atoms with Crippen LogP contribution in [-0.2, 0) is 12.0 Å². The van der Waals surface area contributed by atoms with Crippen molar-refractivity contribution in [1.82, 2.24) is 30.3 Å². The van der Waals surface area contributed by atoms with Gasteiger partial charge in [-0.15, -0.1) is 10.2 Å². The van der Waals surface area contributed by atoms with Gasteiger partial charge < -0.3 is 9.73 Å². The van der Waals surface area contributed by atoms with Gasteiger partial charge in [-0.05, 0) is 42.0 Å². The predicted molar refractivity (Wildman–Crippen MR) is 116 cm³/mol. The quantitative estimate of drug-likeness (QED) is 0.530. The van der Waals surface area contributed by atoms with Gasteiger partial charge in [0.15, 0.2) is 0 Å². The minimum atomic E-state index is -0.167. The number of aromatic nitrogens is 5. The van der Waals surface area contributed by atoms with Crippen LogP contribution in [0.1, 0.15) is 48.3 Å². The Morgan fingerprint density at radius 2 is 1.90 bits per heavy atom. The Morgan fingerprint density at radius 3 is 2.52 bits per heavy atom. The van der Waals surface area contributed by atoms with Crippen molar-refractivity contribution in [2.24, 2.45) is 0 Å². The molecule has 3 heterocycles. The number of nitrogens with zero attached hydrogens (tertiary/aromatic N) is 5. The Morgan fingerprint density at radius 1 is 1.13 bits per heavy atom. The second-order valence-electron chi connectivity index (χ2n) is 8.29. The molecule has 158 valence electrons. The normalized spacial score (nSPS) is 11.5. The summed E-state index contributed by atoms with van der Waals surface area (Å²) in [7, 11) is 0. The Balaban J connectivity index is 1.58. The van der Waals surface area contributed by atoms with Crippen molar-refractivity contribution in [2.75, 3.05) is 0 Å². The lowest BCUT2D eigenvalue weighted by Crippen LogP contribution is -2.23. The zero-order valence-corrected chi connectivity index (χ0v) is 18.0. The van der Waals surface area contributed by atoms with E-state index < -0.39 is 0 Å². The molecule has 4 aromatic rings. The van der Waals surface area contributed by atoms with Gasteiger partial charge >= 0.3 is 0 Å². The monoisotopic (exact) mass is 416 g/mol. The predicted octanol–water partition coefficient (Wildman–Crippen LogP) is 3.85. The molecule has 0 aliphatic heterocycles. The summed E-state index contributed by atoms with van der Waals surface area (Å²) in [5.41, 5.74) is 3.81. The highest BCUT2D eigenvalue weighted by molar-refractivity contribution is 5.94. The van der Waals surface area contributed by atoms with E-state index in [4.69, 9.17) is 9.52 Å². The van der Waals surface area contributed by atoms with Crippen molar-refractivity contribution < 1.29 is 9.21 Å². The third-order valence-electron chi connectivity index (χ3n) is 4.77. The number of carbonyl (C=O) groups excluding carboxylic acids is 1. The molecule has 0 fully saturated rings. The van der Waals surface area contributed by atoms with E-state index >= 15 is 0 Å². The van der Waals surface area contributed by atoms with E-state index in [9.17, 15) is 4.79 Å². The molecule has 0 aliphatic carbocycles. The largest absolute Gasteiger partial charge is 0.420 e. The van der Waals surface area contributed by atoms with Gasteiger partial charge in [0, 0.05) is 36.8 Å². The second kappa shape index (κ2) is 8.14. The molecule has 8 heteroatoms. The molecule has 3 aromatic heterocycles. The van der Waals surface area contributed by atoms with Crippen LogP contribution in [-0.4, -0.2) is 30.9 Å². The van der Waals surface area contributed by atoms with E-state index in [1.165, 1.54) is 0 Å². The first-order chi connectivity index (χ1) is 14.8. The van der Waals surface area contributed by atoms with Crippen LogP contribution >= 0.6 is 0 Å². The van der Waals surface area contributed by atoms with Crippen molar-refractivity contribution >= 4 is 5.91 Å². The SMILES string of the molecule is Cc1nnc(-c2cc(C(C)(C)C)n(-c3ccc(C(=O)NCc4cccnc4)cc3)n2)o1. The number of amides is 1. The Bertz CT molecular complexity index is 1190. The highest BCUT2D eigenvalue weighted by Gasteiger charge is 2.24. The molecule has 8 nitrogen and oxygen atoms in total. The summed E-state index contributed by atoms with van der Waals surface area (Å²) in [6.07, 6.45) is 3.44. The number of nitrogens with one attached hydrogen (secondary N) is 1. The molecule has 1 N–H and O–H groups in total. The number of hydrogen-bond donors (Lipinski definition) is 1. The first-order valence-electron chi connectivity index (χ1n) is 10.00. The molecule has 1 aromatic carbocycles. The minimum absolute atomic E-state index is 0.145. The Kier molecular flexibility index (Phi) is 5.37. The third-order valence-corrected chi connectivity index (χ3v) is 4.77. The van der Waals surface area contributed by atoms with Gasteiger partial charge in [0.25, 0.3) is 11.8 Å². The molecule has 0 radical (unpaired) electrons. The van der Waals surface area contributed by atoms with Gasteiger partial charge in [0.05, 0.1) is 11.4 Å². The molecule has 4 rings (SSSR count). The number of pyridine rings is 1. The first-order valence-corrected chi connectivity index (χ1v) is 10.00. The molecule has 0 saturated heterocycles. The van der Waals surface area contributed by atoms with E-state index in [0.717, 1.165) is 16.9 Å². The van der Waals surface area contributed by atoms with E-state index in [1.54, 1.807) is 31.5 Å². The highest BCUT2D eigenvalue weighted by Crippen LogP contribution is 2.29. The van der Waals surface area contributed by atoms with Crippen molar-refractivity contribution in [1.29, 1.82) is 0 Å². The Labute approximate surface area is 180 Å². The fourth-order valence-electron chi connectivity index (χ4n) is 3.16. The lowest BCUT2D eigenvalue weighted by molar-refractivity contribution is 0.0951. The molecule has 0 atom stereocenters. The van der Waals surface area contributed by atoms with Crippen LogP contribution in [0.2, 0.25) is 0 Å². The summed E-state index contributed by atoms with van der Waals surface area (Å²) >= 11 is 0. The summed E-state index contributed by atoms with van der Waals surface area (Å²) in [6.45, 7) is 8.52. The van der Waals surface area contributed by atoms with E-state index in [-0.39, 0.29) is 11.3 Å². The maximum absolute atomic E-state index is 12.5. The lowest BCUT2D eigenvalue weighted by Gasteiger charge is -2.20. The van der Waals surface area contributed by atoms with E-state index in [1.807, 2.05) is 35.0 Å². The summed E-state index contributed by atoms with van der Waals surface area (Å²) in [5.74, 6) is 0.727. The van der Waals surface area contributed by atoms with E-state index in [2.05, 4.69) is 41.3 Å². The molecular weight excluding hydrogens is 392 g/mol. The van der Waals surface area contributed by atoms with Gasteiger partial charge in [-0.2, -0.15) is 5.10 Å². The average Bonchev–Trinajstić information content (AvgIpc) is 3.39. The van der Waals surface area contributed by atoms with Crippen molar-refractivity contribution in [2.45, 2.75) is 39.7 Å². The molecule has 0 bridgehead atoms. The summed E-state index contributed by atoms with van der Waals surface area (Å²) < 4.78 is 7.40. The van der Waals surface area contributed by atoms with Gasteiger partial charge in [-0.25, -0.2) is 4.68 Å². The first kappa shape index (κ1) is 20.5. The topological polar surface area (TPSA) is 98.7 Å². The third kappa shape index (κ3) is 4.53. The van der Waals surface area contributed by atoms with E-state index in [0.29, 0.717) is 29.6 Å². The molecular formula is C23H24N6O2. The minimum Gasteiger partial charge on any atom is -0.420 e. The average molecular weight is 416 g/mol. The van der Waals surface area contributed by atoms with Gasteiger partial charge in [0.1, 0.15) is 5.69 Å². The molecule has 31 heavy (non-hydrogen) atoms. The fourth-order valence-corrected chi connectivity index (χ4v) is 3.16. The van der Waals surface area contributed by atoms with Gasteiger partial charge in [-0.3, -0.25) is 9.78 Å². The van der Waals surface area contributed by atoms with Crippen LogP contribution in [0.3, 0.4) is 0 Å². The zero-order chi connectivity index (χ0) is 22.0. The molecule has 0 aliphatic rings. The smallest absolute Gasteiger partial charge is 0.268 e. The van der Waals surface area contributed by atoms with Crippen LogP contribution in [0.15, 0.2) is 59.3 Å². The Hall–Kier alpha value is -3.81. The van der Waals surface area contributed by atoms with Crippen LogP contribution < -0.4 is 5.32 Å². The maximum Gasteiger partial charge on any atom is 0.268 e. The standard InChI is InChI=1S/C23H24N6O2/c1-15-26-27-22(31-15)19-12-20(23(2,3)4)29(28-19)18-9-7-17(8-10-18)21(30)25-14-16-6-5-11-24-13-16/h5-13H,14H2,1-4H3,(H,25,30). The number of benzene rings is 1.